The van der Waals surface area contributed by atoms with Crippen molar-refractivity contribution < 1.29 is 36.1 Å². The van der Waals surface area contributed by atoms with Crippen LogP contribution in [0.3, 0.4) is 0 Å². The van der Waals surface area contributed by atoms with Crippen molar-refractivity contribution in [2.75, 3.05) is 6.61 Å². The summed E-state index contributed by atoms with van der Waals surface area (Å²) in [7, 11) is 4.78. The Morgan fingerprint density at radius 2 is 2.00 bits per heavy atom. The number of rotatable bonds is 1. The van der Waals surface area contributed by atoms with E-state index in [4.69, 9.17) is 13.0 Å². The molecule has 2 radical (unpaired) electrons. The summed E-state index contributed by atoms with van der Waals surface area (Å²) in [5.74, 6) is 0. The van der Waals surface area contributed by atoms with Crippen LogP contribution in [-0.2, 0) is 0 Å². The fourth-order valence-corrected chi connectivity index (χ4v) is 0. The van der Waals surface area contributed by atoms with Crippen molar-refractivity contribution in [2.45, 2.75) is 6.32 Å². The number of hydrogen-bond acceptors (Lipinski definition) is 1. The molecule has 0 aromatic heterocycles. The maximum absolute atomic E-state index is 7.75. The minimum atomic E-state index is 0. The Bertz CT molecular complexity index is 15.5. The molecule has 0 aliphatic rings. The van der Waals surface area contributed by atoms with E-state index >= 15 is 0 Å². The van der Waals surface area contributed by atoms with E-state index in [1.807, 2.05) is 0 Å². The zero-order valence-corrected chi connectivity index (χ0v) is 5.44. The third-order valence-corrected chi connectivity index (χ3v) is 0.129. The summed E-state index contributed by atoms with van der Waals surface area (Å²) in [6, 6.07) is 0. The molecule has 0 aromatic rings. The molecule has 0 spiro atoms. The first-order valence-electron chi connectivity index (χ1n) is 1.22. The van der Waals surface area contributed by atoms with Gasteiger partial charge in [-0.3, -0.25) is 0 Å². The minimum Gasteiger partial charge on any atom is -1.00 e. The zero-order valence-electron chi connectivity index (χ0n) is 4.44. The quantitative estimate of drug-likeness (QED) is 0.327. The van der Waals surface area contributed by atoms with Crippen LogP contribution < -0.4 is 29.6 Å². The van der Waals surface area contributed by atoms with Crippen LogP contribution in [0, 0.1) is 0 Å². The summed E-state index contributed by atoms with van der Waals surface area (Å²) in [6.45, 7) is 0.0972. The Hall–Kier alpha value is 1.02. The maximum Gasteiger partial charge on any atom is 1.00 e. The van der Waals surface area contributed by atoms with Gasteiger partial charge in [0.25, 0.3) is 0 Å². The molecule has 3 heteroatoms. The summed E-state index contributed by atoms with van der Waals surface area (Å²) in [5.41, 5.74) is 0. The molecule has 0 atom stereocenters. The first kappa shape index (κ1) is 9.39. The molecule has 1 N–H and O–H groups in total. The average Bonchev–Trinajstić information content (AvgIpc) is 1.37. The molecule has 0 bridgehead atoms. The van der Waals surface area contributed by atoms with Gasteiger partial charge in [0.1, 0.15) is 0 Å². The molecule has 5 heavy (non-hydrogen) atoms. The topological polar surface area (TPSA) is 20.2 Å². The molecular formula is C2H6BNaO. The fraction of sp³-hybridized carbons (Fsp3) is 1.00. The van der Waals surface area contributed by atoms with Crippen LogP contribution in [0.15, 0.2) is 0 Å². The van der Waals surface area contributed by atoms with Gasteiger partial charge < -0.3 is 6.53 Å². The Kier molecular flexibility index (Phi) is 16.7. The smallest absolute Gasteiger partial charge is 1.00 e. The van der Waals surface area contributed by atoms with E-state index in [2.05, 4.69) is 0 Å². The molecule has 24 valence electrons. The summed E-state index contributed by atoms with van der Waals surface area (Å²) < 4.78 is 0. The van der Waals surface area contributed by atoms with Crippen LogP contribution in [0.4, 0.5) is 0 Å². The average molecular weight is 79.9 g/mol. The van der Waals surface area contributed by atoms with Crippen molar-refractivity contribution >= 4 is 7.85 Å². The molecule has 0 unspecified atom stereocenters. The van der Waals surface area contributed by atoms with Crippen molar-refractivity contribution in [3.05, 3.63) is 0 Å². The van der Waals surface area contributed by atoms with Crippen molar-refractivity contribution in [1.29, 1.82) is 0 Å². The second-order valence-corrected chi connectivity index (χ2v) is 0.512. The molecule has 0 aliphatic heterocycles. The molecule has 0 rings (SSSR count). The number of aliphatic hydroxyl groups is 1. The maximum atomic E-state index is 7.75. The zero-order chi connectivity index (χ0) is 3.41. The standard InChI is InChI=1S/C2H5BO.Na.H/c3-1-2-4;;/h4H,1-2H2;;/q;+1;-1. The fourth-order valence-electron chi connectivity index (χ4n) is 0. The van der Waals surface area contributed by atoms with E-state index in [0.717, 1.165) is 0 Å². The van der Waals surface area contributed by atoms with E-state index < -0.39 is 0 Å². The Labute approximate surface area is 56.9 Å². The first-order chi connectivity index (χ1) is 1.91. The second-order valence-electron chi connectivity index (χ2n) is 0.512. The molecule has 0 fully saturated rings. The van der Waals surface area contributed by atoms with E-state index in [1.165, 1.54) is 0 Å². The number of aliphatic hydroxyl groups excluding tert-OH is 1. The molecule has 0 saturated heterocycles. The van der Waals surface area contributed by atoms with Gasteiger partial charge in [0, 0.05) is 6.61 Å². The van der Waals surface area contributed by atoms with Gasteiger partial charge in [-0.2, -0.15) is 0 Å². The van der Waals surface area contributed by atoms with Crippen molar-refractivity contribution in [1.82, 2.24) is 0 Å². The van der Waals surface area contributed by atoms with Crippen molar-refractivity contribution in [3.8, 4) is 0 Å². The van der Waals surface area contributed by atoms with Crippen LogP contribution in [0.5, 0.6) is 0 Å². The van der Waals surface area contributed by atoms with E-state index in [9.17, 15) is 0 Å². The SMILES string of the molecule is [B]CCO.[H-].[Na+]. The second kappa shape index (κ2) is 8.90. The van der Waals surface area contributed by atoms with Gasteiger partial charge >= 0.3 is 29.6 Å². The van der Waals surface area contributed by atoms with Gasteiger partial charge in [0.05, 0.1) is 7.85 Å². The van der Waals surface area contributed by atoms with Crippen molar-refractivity contribution in [2.24, 2.45) is 0 Å². The minimum absolute atomic E-state index is 0. The van der Waals surface area contributed by atoms with E-state index in [0.29, 0.717) is 6.32 Å². The summed E-state index contributed by atoms with van der Waals surface area (Å²) in [4.78, 5) is 0. The van der Waals surface area contributed by atoms with Crippen LogP contribution in [0.1, 0.15) is 1.43 Å². The molecule has 0 aromatic carbocycles. The van der Waals surface area contributed by atoms with E-state index in [1.54, 1.807) is 0 Å². The van der Waals surface area contributed by atoms with Gasteiger partial charge in [-0.15, -0.1) is 0 Å². The van der Waals surface area contributed by atoms with Gasteiger partial charge in [0.2, 0.25) is 0 Å². The summed E-state index contributed by atoms with van der Waals surface area (Å²) in [6.07, 6.45) is 0.375. The first-order valence-corrected chi connectivity index (χ1v) is 1.22. The van der Waals surface area contributed by atoms with Crippen LogP contribution in [-0.4, -0.2) is 19.6 Å². The Morgan fingerprint density at radius 1 is 1.80 bits per heavy atom. The normalized spacial score (nSPS) is 5.80. The molecule has 0 amide bonds. The predicted molar refractivity (Wildman–Crippen MR) is 18.8 cm³/mol. The van der Waals surface area contributed by atoms with Gasteiger partial charge in [-0.05, 0) is 0 Å². The Morgan fingerprint density at radius 3 is 2.00 bits per heavy atom. The van der Waals surface area contributed by atoms with Gasteiger partial charge in [0.15, 0.2) is 0 Å². The van der Waals surface area contributed by atoms with Crippen LogP contribution in [0.2, 0.25) is 6.32 Å². The van der Waals surface area contributed by atoms with Gasteiger partial charge in [-0.25, -0.2) is 0 Å². The van der Waals surface area contributed by atoms with Crippen LogP contribution >= 0.6 is 0 Å². The summed E-state index contributed by atoms with van der Waals surface area (Å²) >= 11 is 0. The summed E-state index contributed by atoms with van der Waals surface area (Å²) in [5, 5.41) is 7.75. The molecule has 0 heterocycles. The Balaban J connectivity index is -0.0000000450. The third kappa shape index (κ3) is 11.2. The third-order valence-electron chi connectivity index (χ3n) is 0.129. The molecule has 1 nitrogen and oxygen atoms in total. The monoisotopic (exact) mass is 80.0 g/mol. The molecule has 0 aliphatic carbocycles. The predicted octanol–water partition coefficient (Wildman–Crippen LogP) is -3.32. The van der Waals surface area contributed by atoms with Crippen LogP contribution in [0.25, 0.3) is 0 Å². The number of hydrogen-bond donors (Lipinski definition) is 1. The molecular weight excluding hydrogens is 73.8 g/mol. The van der Waals surface area contributed by atoms with E-state index in [-0.39, 0.29) is 37.6 Å². The van der Waals surface area contributed by atoms with Gasteiger partial charge in [-0.1, -0.05) is 6.32 Å². The van der Waals surface area contributed by atoms with Crippen molar-refractivity contribution in [3.63, 3.8) is 0 Å². The molecule has 0 saturated carbocycles. The largest absolute Gasteiger partial charge is 1.00 e.